The van der Waals surface area contributed by atoms with Crippen LogP contribution in [0.5, 0.6) is 0 Å². The van der Waals surface area contributed by atoms with Crippen LogP contribution in [0.1, 0.15) is 25.3 Å². The van der Waals surface area contributed by atoms with Crippen molar-refractivity contribution < 1.29 is 14.5 Å². The first-order valence-electron chi connectivity index (χ1n) is 7.19. The number of nitro groups is 1. The van der Waals surface area contributed by atoms with E-state index in [0.717, 1.165) is 5.56 Å². The summed E-state index contributed by atoms with van der Waals surface area (Å²) in [5.74, 6) is -0.372. The Bertz CT molecular complexity index is 492. The van der Waals surface area contributed by atoms with Gasteiger partial charge in [-0.2, -0.15) is 0 Å². The zero-order chi connectivity index (χ0) is 15.2. The Morgan fingerprint density at radius 3 is 2.76 bits per heavy atom. The van der Waals surface area contributed by atoms with Crippen LogP contribution in [0.3, 0.4) is 0 Å². The van der Waals surface area contributed by atoms with E-state index < -0.39 is 12.1 Å². The zero-order valence-electron chi connectivity index (χ0n) is 12.1. The molecule has 21 heavy (non-hydrogen) atoms. The van der Waals surface area contributed by atoms with Gasteiger partial charge >= 0.3 is 5.97 Å². The summed E-state index contributed by atoms with van der Waals surface area (Å²) in [7, 11) is 0. The van der Waals surface area contributed by atoms with Gasteiger partial charge in [0.1, 0.15) is 0 Å². The number of rotatable bonds is 5. The Labute approximate surface area is 123 Å². The van der Waals surface area contributed by atoms with Gasteiger partial charge in [-0.1, -0.05) is 37.3 Å². The maximum Gasteiger partial charge on any atom is 0.306 e. The van der Waals surface area contributed by atoms with Crippen molar-refractivity contribution in [3.05, 3.63) is 46.0 Å². The summed E-state index contributed by atoms with van der Waals surface area (Å²) < 4.78 is 5.21. The number of likely N-dealkylation sites (tertiary alicyclic amines) is 1. The SMILES string of the molecule is CCC(=O)OC1CCN(Cc2ccccc2)CC1[N+](=O)[O-]. The second kappa shape index (κ2) is 7.17. The Morgan fingerprint density at radius 1 is 1.43 bits per heavy atom. The summed E-state index contributed by atoms with van der Waals surface area (Å²) in [6.07, 6.45) is 0.137. The largest absolute Gasteiger partial charge is 0.455 e. The lowest BCUT2D eigenvalue weighted by molar-refractivity contribution is -0.537. The molecule has 1 aromatic carbocycles. The lowest BCUT2D eigenvalue weighted by Crippen LogP contribution is -2.51. The average molecular weight is 292 g/mol. The number of hydrogen-bond donors (Lipinski definition) is 0. The molecule has 0 aliphatic carbocycles. The molecule has 0 spiro atoms. The third-order valence-corrected chi connectivity index (χ3v) is 3.70. The normalized spacial score (nSPS) is 22.7. The number of nitrogens with zero attached hydrogens (tertiary/aromatic N) is 2. The van der Waals surface area contributed by atoms with E-state index in [0.29, 0.717) is 26.1 Å². The lowest BCUT2D eigenvalue weighted by atomic mass is 10.0. The number of carbonyl (C=O) groups is 1. The van der Waals surface area contributed by atoms with Crippen molar-refractivity contribution in [1.82, 2.24) is 4.90 Å². The summed E-state index contributed by atoms with van der Waals surface area (Å²) in [5.41, 5.74) is 1.13. The smallest absolute Gasteiger partial charge is 0.306 e. The van der Waals surface area contributed by atoms with Gasteiger partial charge in [0.15, 0.2) is 6.10 Å². The minimum Gasteiger partial charge on any atom is -0.455 e. The van der Waals surface area contributed by atoms with Crippen LogP contribution in [0.2, 0.25) is 0 Å². The van der Waals surface area contributed by atoms with Crippen LogP contribution in [0.25, 0.3) is 0 Å². The quantitative estimate of drug-likeness (QED) is 0.470. The summed E-state index contributed by atoms with van der Waals surface area (Å²) in [6.45, 7) is 3.37. The molecule has 0 saturated carbocycles. The summed E-state index contributed by atoms with van der Waals surface area (Å²) in [6, 6.07) is 9.01. The highest BCUT2D eigenvalue weighted by molar-refractivity contribution is 5.69. The Morgan fingerprint density at radius 2 is 2.14 bits per heavy atom. The van der Waals surface area contributed by atoms with Gasteiger partial charge in [-0.25, -0.2) is 0 Å². The van der Waals surface area contributed by atoms with E-state index in [-0.39, 0.29) is 17.3 Å². The third kappa shape index (κ3) is 4.26. The average Bonchev–Trinajstić information content (AvgIpc) is 2.49. The van der Waals surface area contributed by atoms with Crippen LogP contribution in [-0.4, -0.2) is 41.0 Å². The minimum atomic E-state index is -0.849. The Balaban J connectivity index is 1.98. The molecular formula is C15H20N2O4. The van der Waals surface area contributed by atoms with E-state index in [1.165, 1.54) is 0 Å². The van der Waals surface area contributed by atoms with Crippen LogP contribution < -0.4 is 0 Å². The van der Waals surface area contributed by atoms with E-state index in [2.05, 4.69) is 0 Å². The van der Waals surface area contributed by atoms with Crippen molar-refractivity contribution in [2.45, 2.75) is 38.5 Å². The van der Waals surface area contributed by atoms with E-state index in [4.69, 9.17) is 4.74 Å². The summed E-state index contributed by atoms with van der Waals surface area (Å²) in [4.78, 5) is 24.3. The van der Waals surface area contributed by atoms with Gasteiger partial charge in [0, 0.05) is 30.9 Å². The Hall–Kier alpha value is -1.95. The topological polar surface area (TPSA) is 72.7 Å². The van der Waals surface area contributed by atoms with Crippen molar-refractivity contribution in [2.75, 3.05) is 13.1 Å². The lowest BCUT2D eigenvalue weighted by Gasteiger charge is -2.33. The first-order chi connectivity index (χ1) is 10.1. The van der Waals surface area contributed by atoms with Crippen molar-refractivity contribution in [1.29, 1.82) is 0 Å². The number of benzene rings is 1. The number of ether oxygens (including phenoxy) is 1. The zero-order valence-corrected chi connectivity index (χ0v) is 12.1. The molecule has 1 heterocycles. The van der Waals surface area contributed by atoms with Crippen LogP contribution in [0.4, 0.5) is 0 Å². The molecule has 0 amide bonds. The molecule has 2 unspecified atom stereocenters. The highest BCUT2D eigenvalue weighted by Crippen LogP contribution is 2.19. The third-order valence-electron chi connectivity index (χ3n) is 3.70. The molecule has 6 heteroatoms. The van der Waals surface area contributed by atoms with Gasteiger partial charge in [-0.05, 0) is 5.56 Å². The predicted octanol–water partition coefficient (Wildman–Crippen LogP) is 1.86. The number of carbonyl (C=O) groups excluding carboxylic acids is 1. The van der Waals surface area contributed by atoms with E-state index in [9.17, 15) is 14.9 Å². The van der Waals surface area contributed by atoms with Gasteiger partial charge in [-0.15, -0.1) is 0 Å². The number of hydrogen-bond acceptors (Lipinski definition) is 5. The van der Waals surface area contributed by atoms with Gasteiger partial charge in [-0.3, -0.25) is 19.8 Å². The molecule has 0 bridgehead atoms. The monoisotopic (exact) mass is 292 g/mol. The molecule has 2 rings (SSSR count). The Kier molecular flexibility index (Phi) is 5.27. The van der Waals surface area contributed by atoms with Crippen LogP contribution in [0.15, 0.2) is 30.3 Å². The molecule has 1 aliphatic rings. The van der Waals surface area contributed by atoms with Gasteiger partial charge < -0.3 is 4.74 Å². The standard InChI is InChI=1S/C15H20N2O4/c1-2-15(18)21-14-8-9-16(11-13(14)17(19)20)10-12-6-4-3-5-7-12/h3-7,13-14H,2,8-11H2,1H3. The van der Waals surface area contributed by atoms with E-state index in [1.807, 2.05) is 35.2 Å². The van der Waals surface area contributed by atoms with Crippen molar-refractivity contribution >= 4 is 5.97 Å². The second-order valence-corrected chi connectivity index (χ2v) is 5.24. The second-order valence-electron chi connectivity index (χ2n) is 5.24. The highest BCUT2D eigenvalue weighted by Gasteiger charge is 2.39. The molecule has 2 atom stereocenters. The summed E-state index contributed by atoms with van der Waals surface area (Å²) >= 11 is 0. The molecule has 0 radical (unpaired) electrons. The van der Waals surface area contributed by atoms with E-state index >= 15 is 0 Å². The fraction of sp³-hybridized carbons (Fsp3) is 0.533. The molecule has 1 saturated heterocycles. The van der Waals surface area contributed by atoms with Gasteiger partial charge in [0.25, 0.3) is 6.04 Å². The molecular weight excluding hydrogens is 272 g/mol. The first kappa shape index (κ1) is 15.4. The number of esters is 1. The van der Waals surface area contributed by atoms with Crippen LogP contribution >= 0.6 is 0 Å². The van der Waals surface area contributed by atoms with Crippen LogP contribution in [-0.2, 0) is 16.1 Å². The molecule has 114 valence electrons. The van der Waals surface area contributed by atoms with Crippen molar-refractivity contribution in [3.8, 4) is 0 Å². The van der Waals surface area contributed by atoms with Gasteiger partial charge in [0.05, 0.1) is 6.54 Å². The van der Waals surface area contributed by atoms with E-state index in [1.54, 1.807) is 6.92 Å². The molecule has 1 fully saturated rings. The maximum absolute atomic E-state index is 11.4. The highest BCUT2D eigenvalue weighted by atomic mass is 16.6. The molecule has 1 aliphatic heterocycles. The molecule has 0 N–H and O–H groups in total. The van der Waals surface area contributed by atoms with Crippen LogP contribution in [0, 0.1) is 10.1 Å². The van der Waals surface area contributed by atoms with Gasteiger partial charge in [0.2, 0.25) is 0 Å². The summed E-state index contributed by atoms with van der Waals surface area (Å²) in [5, 5.41) is 11.2. The predicted molar refractivity (Wildman–Crippen MR) is 77.3 cm³/mol. The van der Waals surface area contributed by atoms with Crippen molar-refractivity contribution in [3.63, 3.8) is 0 Å². The number of piperidine rings is 1. The molecule has 1 aromatic rings. The fourth-order valence-electron chi connectivity index (χ4n) is 2.55. The fourth-order valence-corrected chi connectivity index (χ4v) is 2.55. The first-order valence-corrected chi connectivity index (χ1v) is 7.19. The van der Waals surface area contributed by atoms with Crippen molar-refractivity contribution in [2.24, 2.45) is 0 Å². The molecule has 6 nitrogen and oxygen atoms in total. The maximum atomic E-state index is 11.4. The molecule has 0 aromatic heterocycles. The minimum absolute atomic E-state index is 0.245.